The van der Waals surface area contributed by atoms with Crippen molar-refractivity contribution in [2.45, 2.75) is 12.7 Å². The summed E-state index contributed by atoms with van der Waals surface area (Å²) in [5, 5.41) is 1.45. The van der Waals surface area contributed by atoms with Crippen LogP contribution in [0.3, 0.4) is 0 Å². The molecule has 0 spiro atoms. The van der Waals surface area contributed by atoms with E-state index in [2.05, 4.69) is 0 Å². The Kier molecular flexibility index (Phi) is 4.20. The van der Waals surface area contributed by atoms with Crippen LogP contribution in [0.4, 0.5) is 13.2 Å². The number of halogens is 3. The SMILES string of the molecule is NCc1ccc(C(F)(F)F)cc1-c1ccccc1C=S. The van der Waals surface area contributed by atoms with E-state index in [-0.39, 0.29) is 6.54 Å². The number of benzene rings is 2. The van der Waals surface area contributed by atoms with Crippen LogP contribution >= 0.6 is 12.2 Å². The number of hydrogen-bond donors (Lipinski definition) is 1. The molecule has 2 N–H and O–H groups in total. The lowest BCUT2D eigenvalue weighted by molar-refractivity contribution is -0.137. The van der Waals surface area contributed by atoms with Gasteiger partial charge in [0.05, 0.1) is 5.56 Å². The lowest BCUT2D eigenvalue weighted by Gasteiger charge is -2.14. The van der Waals surface area contributed by atoms with Crippen molar-refractivity contribution < 1.29 is 13.2 Å². The van der Waals surface area contributed by atoms with Crippen LogP contribution in [0.25, 0.3) is 11.1 Å². The average molecular weight is 295 g/mol. The maximum absolute atomic E-state index is 12.8. The lowest BCUT2D eigenvalue weighted by atomic mass is 9.94. The lowest BCUT2D eigenvalue weighted by Crippen LogP contribution is -2.07. The largest absolute Gasteiger partial charge is 0.416 e. The second-order valence-corrected chi connectivity index (χ2v) is 4.51. The number of alkyl halides is 3. The van der Waals surface area contributed by atoms with Gasteiger partial charge < -0.3 is 5.73 Å². The Hall–Kier alpha value is -1.72. The van der Waals surface area contributed by atoms with Crippen LogP contribution in [0.2, 0.25) is 0 Å². The number of hydrogen-bond acceptors (Lipinski definition) is 2. The topological polar surface area (TPSA) is 26.0 Å². The molecule has 0 aliphatic heterocycles. The van der Waals surface area contributed by atoms with Crippen molar-refractivity contribution in [3.8, 4) is 11.1 Å². The number of nitrogens with two attached hydrogens (primary N) is 1. The van der Waals surface area contributed by atoms with Crippen LogP contribution in [0, 0.1) is 0 Å². The molecule has 0 aliphatic carbocycles. The van der Waals surface area contributed by atoms with E-state index < -0.39 is 11.7 Å². The molecule has 0 atom stereocenters. The van der Waals surface area contributed by atoms with Crippen molar-refractivity contribution in [1.29, 1.82) is 0 Å². The quantitative estimate of drug-likeness (QED) is 0.860. The van der Waals surface area contributed by atoms with E-state index in [0.29, 0.717) is 22.3 Å². The minimum atomic E-state index is -4.38. The van der Waals surface area contributed by atoms with Crippen LogP contribution < -0.4 is 5.73 Å². The van der Waals surface area contributed by atoms with Crippen molar-refractivity contribution in [1.82, 2.24) is 0 Å². The maximum Gasteiger partial charge on any atom is 0.416 e. The van der Waals surface area contributed by atoms with Crippen LogP contribution in [0.1, 0.15) is 16.7 Å². The molecule has 2 aromatic carbocycles. The molecule has 0 heterocycles. The second-order valence-electron chi connectivity index (χ2n) is 4.28. The minimum Gasteiger partial charge on any atom is -0.326 e. The summed E-state index contributed by atoms with van der Waals surface area (Å²) in [5.74, 6) is 0. The van der Waals surface area contributed by atoms with Gasteiger partial charge in [-0.1, -0.05) is 42.5 Å². The Balaban J connectivity index is 2.68. The Bertz CT molecular complexity index is 635. The molecule has 0 bridgehead atoms. The minimum absolute atomic E-state index is 0.166. The summed E-state index contributed by atoms with van der Waals surface area (Å²) in [6.07, 6.45) is -4.38. The van der Waals surface area contributed by atoms with Crippen molar-refractivity contribution >= 4 is 17.6 Å². The summed E-state index contributed by atoms with van der Waals surface area (Å²) in [6.45, 7) is 0.166. The van der Waals surface area contributed by atoms with Gasteiger partial charge in [-0.2, -0.15) is 13.2 Å². The zero-order chi connectivity index (χ0) is 14.8. The van der Waals surface area contributed by atoms with Gasteiger partial charge in [0.1, 0.15) is 0 Å². The Morgan fingerprint density at radius 3 is 2.35 bits per heavy atom. The van der Waals surface area contributed by atoms with Gasteiger partial charge in [-0.3, -0.25) is 0 Å². The first-order valence-electron chi connectivity index (χ1n) is 5.92. The van der Waals surface area contributed by atoms with Crippen LogP contribution in [-0.2, 0) is 12.7 Å². The first-order valence-corrected chi connectivity index (χ1v) is 6.39. The average Bonchev–Trinajstić information content (AvgIpc) is 2.45. The molecule has 0 saturated carbocycles. The molecule has 20 heavy (non-hydrogen) atoms. The molecule has 0 aliphatic rings. The molecule has 1 nitrogen and oxygen atoms in total. The van der Waals surface area contributed by atoms with Gasteiger partial charge in [-0.25, -0.2) is 0 Å². The van der Waals surface area contributed by atoms with Gasteiger partial charge in [-0.05, 0) is 34.4 Å². The monoisotopic (exact) mass is 295 g/mol. The summed E-state index contributed by atoms with van der Waals surface area (Å²) in [7, 11) is 0. The van der Waals surface area contributed by atoms with E-state index in [1.807, 2.05) is 0 Å². The molecule has 0 radical (unpaired) electrons. The molecule has 0 saturated heterocycles. The van der Waals surface area contributed by atoms with E-state index in [4.69, 9.17) is 18.0 Å². The molecule has 0 amide bonds. The smallest absolute Gasteiger partial charge is 0.326 e. The van der Waals surface area contributed by atoms with Gasteiger partial charge in [0, 0.05) is 11.9 Å². The third-order valence-corrected chi connectivity index (χ3v) is 3.29. The molecule has 2 rings (SSSR count). The fourth-order valence-electron chi connectivity index (χ4n) is 2.03. The van der Waals surface area contributed by atoms with Crippen LogP contribution in [0.15, 0.2) is 42.5 Å². The first-order chi connectivity index (χ1) is 9.47. The maximum atomic E-state index is 12.8. The zero-order valence-corrected chi connectivity index (χ0v) is 11.3. The van der Waals surface area contributed by atoms with Crippen LogP contribution in [-0.4, -0.2) is 5.37 Å². The molecule has 5 heteroatoms. The highest BCUT2D eigenvalue weighted by molar-refractivity contribution is 7.79. The van der Waals surface area contributed by atoms with Crippen molar-refractivity contribution in [3.05, 3.63) is 59.2 Å². The summed E-state index contributed by atoms with van der Waals surface area (Å²) >= 11 is 4.91. The summed E-state index contributed by atoms with van der Waals surface area (Å²) in [4.78, 5) is 0. The Morgan fingerprint density at radius 1 is 1.05 bits per heavy atom. The molecule has 0 aromatic heterocycles. The van der Waals surface area contributed by atoms with Crippen molar-refractivity contribution in [2.24, 2.45) is 5.73 Å². The highest BCUT2D eigenvalue weighted by Crippen LogP contribution is 2.34. The standard InChI is InChI=1S/C15H12F3NS/c16-15(17,18)12-6-5-10(8-19)14(7-12)13-4-2-1-3-11(13)9-20/h1-7,9H,8,19H2. The van der Waals surface area contributed by atoms with E-state index >= 15 is 0 Å². The molecule has 0 unspecified atom stereocenters. The Morgan fingerprint density at radius 2 is 1.75 bits per heavy atom. The van der Waals surface area contributed by atoms with E-state index in [1.54, 1.807) is 24.3 Å². The second kappa shape index (κ2) is 5.73. The van der Waals surface area contributed by atoms with Crippen molar-refractivity contribution in [2.75, 3.05) is 0 Å². The third kappa shape index (κ3) is 2.89. The van der Waals surface area contributed by atoms with Gasteiger partial charge in [-0.15, -0.1) is 0 Å². The molecular formula is C15H12F3NS. The normalized spacial score (nSPS) is 11.4. The molecule has 0 fully saturated rings. The third-order valence-electron chi connectivity index (χ3n) is 3.04. The van der Waals surface area contributed by atoms with Crippen molar-refractivity contribution in [3.63, 3.8) is 0 Å². The molecular weight excluding hydrogens is 283 g/mol. The predicted octanol–water partition coefficient (Wildman–Crippen LogP) is 4.18. The van der Waals surface area contributed by atoms with Crippen LogP contribution in [0.5, 0.6) is 0 Å². The van der Waals surface area contributed by atoms with Gasteiger partial charge in [0.15, 0.2) is 0 Å². The predicted molar refractivity (Wildman–Crippen MR) is 77.5 cm³/mol. The van der Waals surface area contributed by atoms with E-state index in [0.717, 1.165) is 12.1 Å². The molecule has 104 valence electrons. The highest BCUT2D eigenvalue weighted by Gasteiger charge is 2.31. The highest BCUT2D eigenvalue weighted by atomic mass is 32.1. The van der Waals surface area contributed by atoms with Gasteiger partial charge in [0.2, 0.25) is 0 Å². The molecule has 2 aromatic rings. The first kappa shape index (κ1) is 14.7. The number of thiocarbonyl (C=S) groups is 1. The summed E-state index contributed by atoms with van der Waals surface area (Å²) < 4.78 is 38.5. The Labute approximate surface area is 120 Å². The fraction of sp³-hybridized carbons (Fsp3) is 0.133. The summed E-state index contributed by atoms with van der Waals surface area (Å²) in [5.41, 5.74) is 7.42. The van der Waals surface area contributed by atoms with E-state index in [1.165, 1.54) is 11.4 Å². The fourth-order valence-corrected chi connectivity index (χ4v) is 2.23. The van der Waals surface area contributed by atoms with Gasteiger partial charge in [0.25, 0.3) is 0 Å². The van der Waals surface area contributed by atoms with E-state index in [9.17, 15) is 13.2 Å². The number of rotatable bonds is 3. The zero-order valence-electron chi connectivity index (χ0n) is 10.4. The summed E-state index contributed by atoms with van der Waals surface area (Å²) in [6, 6.07) is 10.6. The van der Waals surface area contributed by atoms with Gasteiger partial charge >= 0.3 is 6.18 Å².